The van der Waals surface area contributed by atoms with Gasteiger partial charge in [-0.25, -0.2) is 8.42 Å². The van der Waals surface area contributed by atoms with Crippen LogP contribution < -0.4 is 10.6 Å². The topological polar surface area (TPSA) is 90.9 Å². The number of benzene rings is 1. The zero-order valence-corrected chi connectivity index (χ0v) is 19.2. The zero-order chi connectivity index (χ0) is 19.2. The molecule has 9 heteroatoms. The Labute approximate surface area is 178 Å². The van der Waals surface area contributed by atoms with Crippen LogP contribution >= 0.6 is 24.0 Å². The van der Waals surface area contributed by atoms with Gasteiger partial charge in [0.2, 0.25) is 5.91 Å². The number of carbonyl (C=O) groups excluding carboxylic acids is 1. The van der Waals surface area contributed by atoms with Crippen molar-refractivity contribution in [1.29, 1.82) is 0 Å². The van der Waals surface area contributed by atoms with Gasteiger partial charge in [-0.05, 0) is 18.6 Å². The SMILES string of the molecule is CN=C(NCCS(=O)(=O)c1ccccc1)NC1CCN(C(=O)C(C)C)C1.I. The summed E-state index contributed by atoms with van der Waals surface area (Å²) in [6.07, 6.45) is 0.849. The summed E-state index contributed by atoms with van der Waals surface area (Å²) in [7, 11) is -1.67. The molecule has 2 rings (SSSR count). The molecule has 1 aliphatic rings. The van der Waals surface area contributed by atoms with Crippen LogP contribution in [0.4, 0.5) is 0 Å². The van der Waals surface area contributed by atoms with E-state index in [0.717, 1.165) is 13.0 Å². The van der Waals surface area contributed by atoms with Gasteiger partial charge in [-0.1, -0.05) is 32.0 Å². The van der Waals surface area contributed by atoms with E-state index in [4.69, 9.17) is 0 Å². The molecule has 1 aliphatic heterocycles. The summed E-state index contributed by atoms with van der Waals surface area (Å²) >= 11 is 0. The standard InChI is InChI=1S/C18H28N4O3S.HI/c1-14(2)17(23)22-11-9-15(13-22)21-18(19-3)20-10-12-26(24,25)16-7-5-4-6-8-16;/h4-8,14-15H,9-13H2,1-3H3,(H2,19,20,21);1H. The van der Waals surface area contributed by atoms with E-state index in [2.05, 4.69) is 15.6 Å². The molecule has 1 heterocycles. The highest BCUT2D eigenvalue weighted by molar-refractivity contribution is 14.0. The van der Waals surface area contributed by atoms with E-state index in [1.165, 1.54) is 0 Å². The highest BCUT2D eigenvalue weighted by Gasteiger charge is 2.28. The quantitative estimate of drug-likeness (QED) is 0.346. The first-order chi connectivity index (χ1) is 12.3. The molecule has 0 radical (unpaired) electrons. The van der Waals surface area contributed by atoms with Gasteiger partial charge in [0, 0.05) is 38.6 Å². The fraction of sp³-hybridized carbons (Fsp3) is 0.556. The molecule has 1 atom stereocenters. The molecule has 1 saturated heterocycles. The van der Waals surface area contributed by atoms with Crippen molar-refractivity contribution in [2.24, 2.45) is 10.9 Å². The van der Waals surface area contributed by atoms with E-state index in [0.29, 0.717) is 17.4 Å². The highest BCUT2D eigenvalue weighted by atomic mass is 127. The predicted octanol–water partition coefficient (Wildman–Crippen LogP) is 1.50. The fourth-order valence-corrected chi connectivity index (χ4v) is 4.06. The molecule has 1 aromatic carbocycles. The molecule has 0 aromatic heterocycles. The van der Waals surface area contributed by atoms with Crippen molar-refractivity contribution in [2.75, 3.05) is 32.4 Å². The number of amides is 1. The Bertz CT molecular complexity index is 738. The average Bonchev–Trinajstić information content (AvgIpc) is 3.09. The van der Waals surface area contributed by atoms with Gasteiger partial charge >= 0.3 is 0 Å². The van der Waals surface area contributed by atoms with Gasteiger partial charge in [-0.15, -0.1) is 24.0 Å². The number of guanidine groups is 1. The van der Waals surface area contributed by atoms with E-state index in [1.54, 1.807) is 37.4 Å². The van der Waals surface area contributed by atoms with Crippen LogP contribution in [0.2, 0.25) is 0 Å². The van der Waals surface area contributed by atoms with E-state index >= 15 is 0 Å². The number of nitrogens with zero attached hydrogens (tertiary/aromatic N) is 2. The number of halogens is 1. The Balaban J connectivity index is 0.00000364. The molecule has 27 heavy (non-hydrogen) atoms. The van der Waals surface area contributed by atoms with Gasteiger partial charge in [0.15, 0.2) is 15.8 Å². The van der Waals surface area contributed by atoms with Gasteiger partial charge in [0.1, 0.15) is 0 Å². The van der Waals surface area contributed by atoms with E-state index in [-0.39, 0.29) is 54.1 Å². The Hall–Kier alpha value is -1.36. The van der Waals surface area contributed by atoms with Crippen molar-refractivity contribution < 1.29 is 13.2 Å². The number of hydrogen-bond donors (Lipinski definition) is 2. The summed E-state index contributed by atoms with van der Waals surface area (Å²) in [6, 6.07) is 8.53. The van der Waals surface area contributed by atoms with Crippen LogP contribution in [0.15, 0.2) is 40.2 Å². The van der Waals surface area contributed by atoms with Gasteiger partial charge < -0.3 is 15.5 Å². The second kappa shape index (κ2) is 10.8. The van der Waals surface area contributed by atoms with Crippen molar-refractivity contribution in [3.05, 3.63) is 30.3 Å². The van der Waals surface area contributed by atoms with Crippen LogP contribution in [0.3, 0.4) is 0 Å². The highest BCUT2D eigenvalue weighted by Crippen LogP contribution is 2.13. The van der Waals surface area contributed by atoms with Crippen molar-refractivity contribution >= 4 is 45.7 Å². The molecule has 0 saturated carbocycles. The average molecular weight is 508 g/mol. The molecule has 1 aromatic rings. The second-order valence-corrected chi connectivity index (χ2v) is 8.81. The summed E-state index contributed by atoms with van der Waals surface area (Å²) in [5, 5.41) is 6.31. The normalized spacial score (nSPS) is 17.6. The van der Waals surface area contributed by atoms with Crippen molar-refractivity contribution in [2.45, 2.75) is 31.2 Å². The number of aliphatic imine (C=N–C) groups is 1. The van der Waals surface area contributed by atoms with E-state index < -0.39 is 9.84 Å². The van der Waals surface area contributed by atoms with Gasteiger partial charge in [0.05, 0.1) is 10.6 Å². The molecule has 1 amide bonds. The summed E-state index contributed by atoms with van der Waals surface area (Å²) in [5.41, 5.74) is 0. The number of hydrogen-bond acceptors (Lipinski definition) is 4. The Kier molecular flexibility index (Phi) is 9.51. The lowest BCUT2D eigenvalue weighted by molar-refractivity contribution is -0.133. The molecular weight excluding hydrogens is 479 g/mol. The third-order valence-electron chi connectivity index (χ3n) is 4.32. The number of rotatable bonds is 6. The van der Waals surface area contributed by atoms with Gasteiger partial charge in [-0.2, -0.15) is 0 Å². The molecule has 1 fully saturated rings. The fourth-order valence-electron chi connectivity index (χ4n) is 2.88. The lowest BCUT2D eigenvalue weighted by atomic mass is 10.2. The smallest absolute Gasteiger partial charge is 0.225 e. The minimum Gasteiger partial charge on any atom is -0.355 e. The molecule has 0 spiro atoms. The molecule has 1 unspecified atom stereocenters. The minimum absolute atomic E-state index is 0. The van der Waals surface area contributed by atoms with Crippen LogP contribution in [0, 0.1) is 5.92 Å². The third-order valence-corrected chi connectivity index (χ3v) is 6.06. The van der Waals surface area contributed by atoms with Crippen molar-refractivity contribution in [3.63, 3.8) is 0 Å². The zero-order valence-electron chi connectivity index (χ0n) is 16.0. The Morgan fingerprint density at radius 3 is 2.56 bits per heavy atom. The number of carbonyl (C=O) groups is 1. The first-order valence-corrected chi connectivity index (χ1v) is 10.5. The maximum atomic E-state index is 12.3. The maximum Gasteiger partial charge on any atom is 0.225 e. The molecule has 7 nitrogen and oxygen atoms in total. The van der Waals surface area contributed by atoms with Crippen LogP contribution in [0.5, 0.6) is 0 Å². The first kappa shape index (κ1) is 23.7. The third kappa shape index (κ3) is 6.95. The van der Waals surface area contributed by atoms with Crippen LogP contribution in [0.1, 0.15) is 20.3 Å². The van der Waals surface area contributed by atoms with E-state index in [9.17, 15) is 13.2 Å². The molecule has 0 bridgehead atoms. The second-order valence-electron chi connectivity index (χ2n) is 6.70. The molecule has 0 aliphatic carbocycles. The minimum atomic E-state index is -3.32. The van der Waals surface area contributed by atoms with Crippen LogP contribution in [-0.2, 0) is 14.6 Å². The first-order valence-electron chi connectivity index (χ1n) is 8.87. The Morgan fingerprint density at radius 1 is 1.30 bits per heavy atom. The van der Waals surface area contributed by atoms with Gasteiger partial charge in [0.25, 0.3) is 0 Å². The number of sulfone groups is 1. The summed E-state index contributed by atoms with van der Waals surface area (Å²) in [5.74, 6) is 0.693. The van der Waals surface area contributed by atoms with Crippen LogP contribution in [-0.4, -0.2) is 63.7 Å². The van der Waals surface area contributed by atoms with Crippen molar-refractivity contribution in [1.82, 2.24) is 15.5 Å². The maximum absolute atomic E-state index is 12.3. The number of likely N-dealkylation sites (tertiary alicyclic amines) is 1. The molecular formula is C18H29IN4O3S. The monoisotopic (exact) mass is 508 g/mol. The molecule has 152 valence electrons. The largest absolute Gasteiger partial charge is 0.355 e. The van der Waals surface area contributed by atoms with Crippen molar-refractivity contribution in [3.8, 4) is 0 Å². The lowest BCUT2D eigenvalue weighted by Gasteiger charge is -2.20. The Morgan fingerprint density at radius 2 is 1.96 bits per heavy atom. The van der Waals surface area contributed by atoms with E-state index in [1.807, 2.05) is 18.7 Å². The van der Waals surface area contributed by atoms with Crippen LogP contribution in [0.25, 0.3) is 0 Å². The lowest BCUT2D eigenvalue weighted by Crippen LogP contribution is -2.46. The molecule has 2 N–H and O–H groups in total. The van der Waals surface area contributed by atoms with Gasteiger partial charge in [-0.3, -0.25) is 9.79 Å². The summed E-state index contributed by atoms with van der Waals surface area (Å²) in [4.78, 5) is 18.4. The summed E-state index contributed by atoms with van der Waals surface area (Å²) in [6.45, 7) is 5.43. The number of nitrogens with one attached hydrogen (secondary N) is 2. The predicted molar refractivity (Wildman–Crippen MR) is 118 cm³/mol. The summed E-state index contributed by atoms with van der Waals surface area (Å²) < 4.78 is 24.6.